The van der Waals surface area contributed by atoms with Crippen LogP contribution in [0.25, 0.3) is 0 Å². The molecule has 0 aliphatic rings. The van der Waals surface area contributed by atoms with Gasteiger partial charge in [-0.05, 0) is 23.9 Å². The summed E-state index contributed by atoms with van der Waals surface area (Å²) in [5.74, 6) is 0. The maximum atomic E-state index is 5.83. The Morgan fingerprint density at radius 1 is 1.69 bits per heavy atom. The molecule has 0 aliphatic carbocycles. The predicted octanol–water partition coefficient (Wildman–Crippen LogP) is 2.70. The van der Waals surface area contributed by atoms with E-state index in [1.54, 1.807) is 18.4 Å². The molecular weight excluding hydrogens is 206 g/mol. The van der Waals surface area contributed by atoms with Crippen molar-refractivity contribution >= 4 is 22.9 Å². The molecule has 0 aromatic carbocycles. The number of nitrogens with one attached hydrogen (secondary N) is 1. The SMILES string of the molecule is COCCNC(C)c1csc(Cl)c1. The summed E-state index contributed by atoms with van der Waals surface area (Å²) in [7, 11) is 1.70. The van der Waals surface area contributed by atoms with Crippen LogP contribution in [0, 0.1) is 0 Å². The van der Waals surface area contributed by atoms with Crippen LogP contribution in [0.2, 0.25) is 4.34 Å². The van der Waals surface area contributed by atoms with E-state index in [9.17, 15) is 0 Å². The first kappa shape index (κ1) is 11.0. The maximum absolute atomic E-state index is 5.83. The first-order valence-electron chi connectivity index (χ1n) is 4.20. The predicted molar refractivity (Wildman–Crippen MR) is 57.6 cm³/mol. The standard InChI is InChI=1S/C9H14ClNOS/c1-7(11-3-4-12-2)8-5-9(10)13-6-8/h5-7,11H,3-4H2,1-2H3. The fourth-order valence-corrected chi connectivity index (χ4v) is 2.03. The third-order valence-electron chi connectivity index (χ3n) is 1.84. The summed E-state index contributed by atoms with van der Waals surface area (Å²) in [4.78, 5) is 0. The molecule has 1 N–H and O–H groups in total. The van der Waals surface area contributed by atoms with Crippen LogP contribution in [0.15, 0.2) is 11.4 Å². The lowest BCUT2D eigenvalue weighted by molar-refractivity contribution is 0.196. The van der Waals surface area contributed by atoms with Crippen LogP contribution < -0.4 is 5.32 Å². The highest BCUT2D eigenvalue weighted by molar-refractivity contribution is 7.14. The topological polar surface area (TPSA) is 21.3 Å². The molecule has 4 heteroatoms. The van der Waals surface area contributed by atoms with Gasteiger partial charge >= 0.3 is 0 Å². The van der Waals surface area contributed by atoms with Crippen molar-refractivity contribution in [3.05, 3.63) is 21.3 Å². The Morgan fingerprint density at radius 2 is 2.46 bits per heavy atom. The van der Waals surface area contributed by atoms with E-state index in [2.05, 4.69) is 17.6 Å². The summed E-state index contributed by atoms with van der Waals surface area (Å²) >= 11 is 7.40. The zero-order valence-electron chi connectivity index (χ0n) is 7.84. The number of methoxy groups -OCH3 is 1. The van der Waals surface area contributed by atoms with Crippen molar-refractivity contribution in [2.75, 3.05) is 20.3 Å². The molecule has 0 fully saturated rings. The molecule has 0 spiro atoms. The highest BCUT2D eigenvalue weighted by Crippen LogP contribution is 2.24. The average molecular weight is 220 g/mol. The third-order valence-corrected chi connectivity index (χ3v) is 2.95. The summed E-state index contributed by atoms with van der Waals surface area (Å²) in [6.45, 7) is 3.72. The Kier molecular flexibility index (Phi) is 4.73. The number of rotatable bonds is 5. The minimum Gasteiger partial charge on any atom is -0.383 e. The van der Waals surface area contributed by atoms with Gasteiger partial charge in [0.25, 0.3) is 0 Å². The smallest absolute Gasteiger partial charge is 0.0931 e. The lowest BCUT2D eigenvalue weighted by atomic mass is 10.2. The summed E-state index contributed by atoms with van der Waals surface area (Å²) in [5, 5.41) is 5.41. The van der Waals surface area contributed by atoms with E-state index in [1.165, 1.54) is 5.56 Å². The highest BCUT2D eigenvalue weighted by atomic mass is 35.5. The molecule has 1 unspecified atom stereocenters. The Morgan fingerprint density at radius 3 is 3.00 bits per heavy atom. The van der Waals surface area contributed by atoms with E-state index in [4.69, 9.17) is 16.3 Å². The number of hydrogen-bond acceptors (Lipinski definition) is 3. The highest BCUT2D eigenvalue weighted by Gasteiger charge is 2.05. The van der Waals surface area contributed by atoms with Crippen molar-refractivity contribution in [1.29, 1.82) is 0 Å². The van der Waals surface area contributed by atoms with Gasteiger partial charge in [0, 0.05) is 19.7 Å². The number of ether oxygens (including phenoxy) is 1. The molecule has 1 aromatic heterocycles. The van der Waals surface area contributed by atoms with Crippen molar-refractivity contribution in [2.24, 2.45) is 0 Å². The van der Waals surface area contributed by atoms with Gasteiger partial charge in [-0.1, -0.05) is 11.6 Å². The Hall–Kier alpha value is -0.0900. The second-order valence-corrected chi connectivity index (χ2v) is 4.40. The lowest BCUT2D eigenvalue weighted by Gasteiger charge is -2.11. The molecule has 0 aliphatic heterocycles. The van der Waals surface area contributed by atoms with E-state index >= 15 is 0 Å². The molecule has 1 atom stereocenters. The van der Waals surface area contributed by atoms with Crippen LogP contribution >= 0.6 is 22.9 Å². The van der Waals surface area contributed by atoms with Crippen LogP contribution in [0.4, 0.5) is 0 Å². The second kappa shape index (κ2) is 5.60. The fourth-order valence-electron chi connectivity index (χ4n) is 1.05. The normalized spacial score (nSPS) is 13.2. The molecule has 0 bridgehead atoms. The van der Waals surface area contributed by atoms with E-state index < -0.39 is 0 Å². The molecule has 0 saturated heterocycles. The van der Waals surface area contributed by atoms with Crippen molar-refractivity contribution < 1.29 is 4.74 Å². The van der Waals surface area contributed by atoms with Gasteiger partial charge in [0.2, 0.25) is 0 Å². The summed E-state index contributed by atoms with van der Waals surface area (Å²) in [6.07, 6.45) is 0. The molecule has 0 amide bonds. The van der Waals surface area contributed by atoms with Gasteiger partial charge in [-0.3, -0.25) is 0 Å². The molecule has 13 heavy (non-hydrogen) atoms. The van der Waals surface area contributed by atoms with Gasteiger partial charge in [0.05, 0.1) is 10.9 Å². The minimum absolute atomic E-state index is 0.346. The largest absolute Gasteiger partial charge is 0.383 e. The van der Waals surface area contributed by atoms with E-state index in [-0.39, 0.29) is 0 Å². The van der Waals surface area contributed by atoms with E-state index in [1.807, 2.05) is 6.07 Å². The van der Waals surface area contributed by atoms with E-state index in [0.29, 0.717) is 6.04 Å². The molecule has 1 heterocycles. The lowest BCUT2D eigenvalue weighted by Crippen LogP contribution is -2.22. The Labute approximate surface area is 87.9 Å². The van der Waals surface area contributed by atoms with Crippen molar-refractivity contribution in [3.63, 3.8) is 0 Å². The van der Waals surface area contributed by atoms with Crippen LogP contribution in [-0.4, -0.2) is 20.3 Å². The van der Waals surface area contributed by atoms with Gasteiger partial charge in [-0.2, -0.15) is 0 Å². The summed E-state index contributed by atoms with van der Waals surface area (Å²) in [5.41, 5.74) is 1.24. The Bertz CT molecular complexity index is 252. The van der Waals surface area contributed by atoms with Gasteiger partial charge in [-0.15, -0.1) is 11.3 Å². The number of hydrogen-bond donors (Lipinski definition) is 1. The summed E-state index contributed by atoms with van der Waals surface area (Å²) in [6, 6.07) is 2.34. The zero-order chi connectivity index (χ0) is 9.68. The maximum Gasteiger partial charge on any atom is 0.0931 e. The zero-order valence-corrected chi connectivity index (χ0v) is 9.41. The van der Waals surface area contributed by atoms with Crippen LogP contribution in [0.3, 0.4) is 0 Å². The van der Waals surface area contributed by atoms with Gasteiger partial charge in [0.15, 0.2) is 0 Å². The average Bonchev–Trinajstić information content (AvgIpc) is 2.52. The fraction of sp³-hybridized carbons (Fsp3) is 0.556. The summed E-state index contributed by atoms with van der Waals surface area (Å²) < 4.78 is 5.79. The molecule has 1 aromatic rings. The van der Waals surface area contributed by atoms with Crippen molar-refractivity contribution in [1.82, 2.24) is 5.32 Å². The van der Waals surface area contributed by atoms with Gasteiger partial charge in [0.1, 0.15) is 0 Å². The molecule has 2 nitrogen and oxygen atoms in total. The van der Waals surface area contributed by atoms with Crippen LogP contribution in [0.1, 0.15) is 18.5 Å². The molecule has 0 radical (unpaired) electrons. The van der Waals surface area contributed by atoms with E-state index in [0.717, 1.165) is 17.5 Å². The van der Waals surface area contributed by atoms with Gasteiger partial charge < -0.3 is 10.1 Å². The number of thiophene rings is 1. The van der Waals surface area contributed by atoms with Crippen LogP contribution in [-0.2, 0) is 4.74 Å². The van der Waals surface area contributed by atoms with Crippen LogP contribution in [0.5, 0.6) is 0 Å². The first-order chi connectivity index (χ1) is 6.24. The van der Waals surface area contributed by atoms with Gasteiger partial charge in [-0.25, -0.2) is 0 Å². The van der Waals surface area contributed by atoms with Crippen molar-refractivity contribution in [2.45, 2.75) is 13.0 Å². The first-order valence-corrected chi connectivity index (χ1v) is 5.46. The monoisotopic (exact) mass is 219 g/mol. The molecular formula is C9H14ClNOS. The third kappa shape index (κ3) is 3.65. The van der Waals surface area contributed by atoms with Crippen molar-refractivity contribution in [3.8, 4) is 0 Å². The minimum atomic E-state index is 0.346. The quantitative estimate of drug-likeness (QED) is 0.769. The molecule has 74 valence electrons. The Balaban J connectivity index is 2.35. The molecule has 0 saturated carbocycles. The molecule has 1 rings (SSSR count). The number of halogens is 1. The second-order valence-electron chi connectivity index (χ2n) is 2.85.